The van der Waals surface area contributed by atoms with Crippen LogP contribution in [0.25, 0.3) is 32.7 Å². The number of hydrogen-bond donors (Lipinski definition) is 0. The molecule has 0 radical (unpaired) electrons. The van der Waals surface area contributed by atoms with E-state index in [-0.39, 0.29) is 0 Å². The second-order valence-corrected chi connectivity index (χ2v) is 14.1. The summed E-state index contributed by atoms with van der Waals surface area (Å²) in [5.41, 5.74) is 5.30. The van der Waals surface area contributed by atoms with Gasteiger partial charge in [0.15, 0.2) is 12.6 Å². The summed E-state index contributed by atoms with van der Waals surface area (Å²) in [4.78, 5) is 25.8. The van der Waals surface area contributed by atoms with Crippen molar-refractivity contribution < 1.29 is 19.1 Å². The summed E-state index contributed by atoms with van der Waals surface area (Å²) in [5.74, 6) is 1.18. The van der Waals surface area contributed by atoms with Gasteiger partial charge in [-0.25, -0.2) is 0 Å². The van der Waals surface area contributed by atoms with Gasteiger partial charge in [-0.05, 0) is 83.3 Å². The Morgan fingerprint density at radius 2 is 0.840 bits per heavy atom. The minimum absolute atomic E-state index is 0.528. The number of aldehydes is 2. The smallest absolute Gasteiger partial charge is 0.153 e. The molecule has 4 nitrogen and oxygen atoms in total. The average Bonchev–Trinajstić information content (AvgIpc) is 3.14. The Bertz CT molecular complexity index is 1530. The number of carbonyl (C=O) groups excluding carboxylic acids is 2. The van der Waals surface area contributed by atoms with E-state index in [1.165, 1.54) is 62.5 Å². The van der Waals surface area contributed by atoms with Gasteiger partial charge in [0.2, 0.25) is 0 Å². The van der Waals surface area contributed by atoms with E-state index >= 15 is 0 Å². The minimum Gasteiger partial charge on any atom is -0.492 e. The fourth-order valence-electron chi connectivity index (χ4n) is 7.09. The Hall–Kier alpha value is -3.66. The molecule has 0 aliphatic heterocycles. The summed E-state index contributed by atoms with van der Waals surface area (Å²) >= 11 is 0. The summed E-state index contributed by atoms with van der Waals surface area (Å²) in [5, 5.41) is 4.04. The van der Waals surface area contributed by atoms with Crippen molar-refractivity contribution in [1.29, 1.82) is 0 Å². The lowest BCUT2D eigenvalue weighted by atomic mass is 9.87. The van der Waals surface area contributed by atoms with Crippen LogP contribution in [0.4, 0.5) is 0 Å². The molecule has 0 unspecified atom stereocenters. The van der Waals surface area contributed by atoms with Gasteiger partial charge in [0.1, 0.15) is 11.5 Å². The Balaban J connectivity index is 1.92. The van der Waals surface area contributed by atoms with Gasteiger partial charge in [0.05, 0.1) is 24.3 Å². The van der Waals surface area contributed by atoms with Crippen molar-refractivity contribution in [2.45, 2.75) is 143 Å². The molecule has 0 amide bonds. The number of hydrogen-bond acceptors (Lipinski definition) is 4. The molecule has 0 saturated carbocycles. The highest BCUT2D eigenvalue weighted by molar-refractivity contribution is 6.14. The summed E-state index contributed by atoms with van der Waals surface area (Å²) in [6, 6.07) is 17.2. The second-order valence-electron chi connectivity index (χ2n) is 14.1. The topological polar surface area (TPSA) is 52.6 Å². The van der Waals surface area contributed by atoms with Gasteiger partial charge in [-0.1, -0.05) is 141 Å². The first-order valence-electron chi connectivity index (χ1n) is 20.0. The Morgan fingerprint density at radius 1 is 0.460 bits per heavy atom. The van der Waals surface area contributed by atoms with E-state index in [2.05, 4.69) is 64.1 Å². The molecular weight excluding hydrogens is 617 g/mol. The van der Waals surface area contributed by atoms with E-state index in [9.17, 15) is 9.59 Å². The van der Waals surface area contributed by atoms with Crippen LogP contribution in [0.15, 0.2) is 48.5 Å². The fourth-order valence-corrected chi connectivity index (χ4v) is 7.09. The quantitative estimate of drug-likeness (QED) is 0.0517. The van der Waals surface area contributed by atoms with Crippen molar-refractivity contribution in [3.63, 3.8) is 0 Å². The molecular formula is C46H62O4. The average molecular weight is 679 g/mol. The molecule has 4 rings (SSSR count). The molecule has 0 aromatic heterocycles. The maximum absolute atomic E-state index is 12.9. The zero-order valence-corrected chi connectivity index (χ0v) is 31.5. The first-order valence-corrected chi connectivity index (χ1v) is 20.0. The number of rotatable bonds is 25. The molecule has 0 atom stereocenters. The summed E-state index contributed by atoms with van der Waals surface area (Å²) in [6.07, 6.45) is 22.2. The van der Waals surface area contributed by atoms with Crippen molar-refractivity contribution in [2.75, 3.05) is 13.2 Å². The molecule has 50 heavy (non-hydrogen) atoms. The van der Waals surface area contributed by atoms with E-state index in [4.69, 9.17) is 9.47 Å². The van der Waals surface area contributed by atoms with E-state index in [1.54, 1.807) is 0 Å². The molecule has 4 heteroatoms. The predicted molar refractivity (Wildman–Crippen MR) is 213 cm³/mol. The normalized spacial score (nSPS) is 11.4. The molecule has 0 fully saturated rings. The van der Waals surface area contributed by atoms with E-state index in [1.807, 2.05) is 12.1 Å². The second kappa shape index (κ2) is 21.5. The van der Waals surface area contributed by atoms with Crippen LogP contribution in [0.3, 0.4) is 0 Å². The largest absolute Gasteiger partial charge is 0.492 e. The first kappa shape index (κ1) is 39.1. The van der Waals surface area contributed by atoms with Gasteiger partial charge in [0.25, 0.3) is 0 Å². The number of aryl methyl sites for hydroxylation is 2. The third-order valence-corrected chi connectivity index (χ3v) is 10.0. The number of unbranched alkanes of at least 4 members (excludes halogenated alkanes) is 12. The molecule has 0 aliphatic rings. The van der Waals surface area contributed by atoms with Crippen LogP contribution in [0.2, 0.25) is 0 Å². The van der Waals surface area contributed by atoms with Crippen molar-refractivity contribution in [3.8, 4) is 22.6 Å². The highest BCUT2D eigenvalue weighted by Crippen LogP contribution is 2.48. The molecule has 0 saturated heterocycles. The van der Waals surface area contributed by atoms with E-state index < -0.39 is 0 Å². The third-order valence-electron chi connectivity index (χ3n) is 10.0. The van der Waals surface area contributed by atoms with Crippen LogP contribution in [-0.4, -0.2) is 25.8 Å². The number of carbonyl (C=O) groups is 2. The van der Waals surface area contributed by atoms with Crippen molar-refractivity contribution in [2.24, 2.45) is 0 Å². The highest BCUT2D eigenvalue weighted by atomic mass is 16.5. The minimum atomic E-state index is 0.528. The lowest BCUT2D eigenvalue weighted by Gasteiger charge is -2.23. The van der Waals surface area contributed by atoms with Gasteiger partial charge >= 0.3 is 0 Å². The van der Waals surface area contributed by atoms with Crippen LogP contribution in [0, 0.1) is 0 Å². The van der Waals surface area contributed by atoms with Gasteiger partial charge in [-0.15, -0.1) is 0 Å². The summed E-state index contributed by atoms with van der Waals surface area (Å²) in [7, 11) is 0. The third kappa shape index (κ3) is 10.7. The standard InChI is InChI=1S/C46H62O4/c1-5-9-13-15-17-19-27-49-45-39(33-47)31-37-29-35(21-11-7-3)23-25-41(37)43(45)44-42-26-24-36(22-12-8-4)30-38(42)32-40(34-48)46(44)50-28-20-18-16-14-10-6-2/h23-26,29-34H,5-22,27-28H2,1-4H3. The van der Waals surface area contributed by atoms with Gasteiger partial charge in [0, 0.05) is 11.1 Å². The van der Waals surface area contributed by atoms with Crippen LogP contribution in [0.1, 0.15) is 162 Å². The Kier molecular flexibility index (Phi) is 16.9. The SMILES string of the molecule is CCCCCCCCOc1c(C=O)cc2cc(CCCC)ccc2c1-c1c(OCCCCCCCC)c(C=O)cc2cc(CCCC)ccc12. The predicted octanol–water partition coefficient (Wildman–Crippen LogP) is 13.4. The molecule has 270 valence electrons. The van der Waals surface area contributed by atoms with Crippen molar-refractivity contribution in [3.05, 3.63) is 70.8 Å². The molecule has 0 heterocycles. The number of benzene rings is 4. The van der Waals surface area contributed by atoms with Crippen LogP contribution in [0.5, 0.6) is 11.5 Å². The molecule has 4 aromatic rings. The molecule has 0 bridgehead atoms. The molecule has 0 spiro atoms. The summed E-state index contributed by atoms with van der Waals surface area (Å²) < 4.78 is 13.4. The maximum Gasteiger partial charge on any atom is 0.153 e. The first-order chi connectivity index (χ1) is 24.6. The summed E-state index contributed by atoms with van der Waals surface area (Å²) in [6.45, 7) is 9.95. The van der Waals surface area contributed by atoms with Crippen LogP contribution in [-0.2, 0) is 12.8 Å². The van der Waals surface area contributed by atoms with Gasteiger partial charge in [-0.2, -0.15) is 0 Å². The lowest BCUT2D eigenvalue weighted by molar-refractivity contribution is 0.111. The molecule has 4 aromatic carbocycles. The monoisotopic (exact) mass is 678 g/mol. The molecule has 0 aliphatic carbocycles. The van der Waals surface area contributed by atoms with Crippen molar-refractivity contribution >= 4 is 34.1 Å². The van der Waals surface area contributed by atoms with Gasteiger partial charge in [-0.3, -0.25) is 9.59 Å². The fraction of sp³-hybridized carbons (Fsp3) is 0.522. The molecule has 0 N–H and O–H groups in total. The van der Waals surface area contributed by atoms with Crippen LogP contribution < -0.4 is 9.47 Å². The van der Waals surface area contributed by atoms with Crippen molar-refractivity contribution in [1.82, 2.24) is 0 Å². The maximum atomic E-state index is 12.9. The lowest BCUT2D eigenvalue weighted by Crippen LogP contribution is -2.06. The Labute approximate surface area is 302 Å². The van der Waals surface area contributed by atoms with Gasteiger partial charge < -0.3 is 9.47 Å². The zero-order valence-electron chi connectivity index (χ0n) is 31.5. The number of fused-ring (bicyclic) bond motifs is 2. The van der Waals surface area contributed by atoms with E-state index in [0.717, 1.165) is 109 Å². The van der Waals surface area contributed by atoms with E-state index in [0.29, 0.717) is 35.8 Å². The van der Waals surface area contributed by atoms with Crippen LogP contribution >= 0.6 is 0 Å². The number of ether oxygens (including phenoxy) is 2. The zero-order chi connectivity index (χ0) is 35.6. The highest BCUT2D eigenvalue weighted by Gasteiger charge is 2.25. The Morgan fingerprint density at radius 3 is 1.22 bits per heavy atom.